The minimum atomic E-state index is -0.322. The summed E-state index contributed by atoms with van der Waals surface area (Å²) in [4.78, 5) is 12.4. The molecule has 2 aromatic carbocycles. The predicted octanol–water partition coefficient (Wildman–Crippen LogP) is 3.82. The third-order valence-electron chi connectivity index (χ3n) is 4.51. The van der Waals surface area contributed by atoms with Crippen molar-refractivity contribution in [1.29, 1.82) is 0 Å². The highest BCUT2D eigenvalue weighted by Crippen LogP contribution is 2.33. The number of carbonyl (C=O) groups excluding carboxylic acids is 1. The number of benzene rings is 2. The summed E-state index contributed by atoms with van der Waals surface area (Å²) in [6, 6.07) is 10.6. The molecule has 0 radical (unpaired) electrons. The molecule has 0 aliphatic carbocycles. The van der Waals surface area contributed by atoms with Crippen LogP contribution in [0.5, 0.6) is 23.0 Å². The van der Waals surface area contributed by atoms with Gasteiger partial charge in [-0.05, 0) is 29.8 Å². The number of amides is 2. The van der Waals surface area contributed by atoms with Crippen molar-refractivity contribution in [2.45, 2.75) is 19.3 Å². The zero-order chi connectivity index (χ0) is 20.7. The van der Waals surface area contributed by atoms with Gasteiger partial charge in [-0.15, -0.1) is 0 Å². The smallest absolute Gasteiger partial charge is 0.319 e. The Labute approximate surface area is 165 Å². The second kappa shape index (κ2) is 9.21. The van der Waals surface area contributed by atoms with Gasteiger partial charge in [0.05, 0.1) is 34.1 Å². The van der Waals surface area contributed by atoms with Crippen molar-refractivity contribution in [2.24, 2.45) is 0 Å². The Kier molecular flexibility index (Phi) is 6.98. The first kappa shape index (κ1) is 21.2. The second-order valence-electron chi connectivity index (χ2n) is 6.83. The Balaban J connectivity index is 2.05. The summed E-state index contributed by atoms with van der Waals surface area (Å²) in [5.41, 5.74) is 1.26. The lowest BCUT2D eigenvalue weighted by Crippen LogP contribution is -2.39. The van der Waals surface area contributed by atoms with Crippen LogP contribution in [0.3, 0.4) is 0 Å². The normalized spacial score (nSPS) is 10.8. The van der Waals surface area contributed by atoms with Gasteiger partial charge in [0.1, 0.15) is 11.5 Å². The number of methoxy groups -OCH3 is 4. The number of anilines is 1. The van der Waals surface area contributed by atoms with Gasteiger partial charge in [-0.1, -0.05) is 19.9 Å². The summed E-state index contributed by atoms with van der Waals surface area (Å²) in [5, 5.41) is 5.71. The summed E-state index contributed by atoms with van der Waals surface area (Å²) < 4.78 is 21.1. The van der Waals surface area contributed by atoms with E-state index in [4.69, 9.17) is 18.9 Å². The molecule has 0 aliphatic rings. The Hall–Kier alpha value is -3.09. The van der Waals surface area contributed by atoms with E-state index in [0.29, 0.717) is 35.2 Å². The van der Waals surface area contributed by atoms with Crippen molar-refractivity contribution in [3.63, 3.8) is 0 Å². The number of hydrogen-bond acceptors (Lipinski definition) is 5. The van der Waals surface area contributed by atoms with Crippen LogP contribution in [0.2, 0.25) is 0 Å². The van der Waals surface area contributed by atoms with Gasteiger partial charge in [-0.2, -0.15) is 0 Å². The maximum atomic E-state index is 12.4. The maximum absolute atomic E-state index is 12.4. The molecule has 0 fully saturated rings. The van der Waals surface area contributed by atoms with Crippen molar-refractivity contribution >= 4 is 11.7 Å². The summed E-state index contributed by atoms with van der Waals surface area (Å²) in [6.07, 6.45) is 0. The van der Waals surface area contributed by atoms with Crippen LogP contribution in [-0.4, -0.2) is 41.0 Å². The quantitative estimate of drug-likeness (QED) is 0.719. The van der Waals surface area contributed by atoms with E-state index < -0.39 is 0 Å². The van der Waals surface area contributed by atoms with Gasteiger partial charge in [-0.25, -0.2) is 4.79 Å². The fraction of sp³-hybridized carbons (Fsp3) is 0.381. The minimum Gasteiger partial charge on any atom is -0.497 e. The second-order valence-corrected chi connectivity index (χ2v) is 6.83. The van der Waals surface area contributed by atoms with Crippen LogP contribution < -0.4 is 29.6 Å². The van der Waals surface area contributed by atoms with E-state index in [-0.39, 0.29) is 11.4 Å². The van der Waals surface area contributed by atoms with E-state index in [9.17, 15) is 4.79 Å². The summed E-state index contributed by atoms with van der Waals surface area (Å²) in [5.74, 6) is 2.49. The van der Waals surface area contributed by atoms with Crippen LogP contribution in [-0.2, 0) is 5.41 Å². The first-order valence-corrected chi connectivity index (χ1v) is 8.84. The minimum absolute atomic E-state index is 0.319. The molecule has 0 saturated carbocycles. The predicted molar refractivity (Wildman–Crippen MR) is 109 cm³/mol. The van der Waals surface area contributed by atoms with E-state index in [1.807, 2.05) is 32.0 Å². The zero-order valence-corrected chi connectivity index (χ0v) is 17.2. The SMILES string of the molecule is COc1ccc(NC(=O)NCC(C)(C)c2ccc(OC)c(OC)c2)c(OC)c1. The van der Waals surface area contributed by atoms with Crippen molar-refractivity contribution in [1.82, 2.24) is 5.32 Å². The van der Waals surface area contributed by atoms with Crippen LogP contribution in [0.4, 0.5) is 10.5 Å². The first-order chi connectivity index (χ1) is 13.3. The largest absolute Gasteiger partial charge is 0.497 e. The van der Waals surface area contributed by atoms with Crippen LogP contribution in [0.15, 0.2) is 36.4 Å². The molecule has 2 aromatic rings. The fourth-order valence-electron chi connectivity index (χ4n) is 2.73. The van der Waals surface area contributed by atoms with E-state index in [2.05, 4.69) is 10.6 Å². The van der Waals surface area contributed by atoms with Gasteiger partial charge >= 0.3 is 6.03 Å². The van der Waals surface area contributed by atoms with Crippen LogP contribution >= 0.6 is 0 Å². The van der Waals surface area contributed by atoms with Gasteiger partial charge < -0.3 is 29.6 Å². The van der Waals surface area contributed by atoms with Crippen LogP contribution in [0, 0.1) is 0 Å². The van der Waals surface area contributed by atoms with Gasteiger partial charge in [0.2, 0.25) is 0 Å². The van der Waals surface area contributed by atoms with Crippen LogP contribution in [0.1, 0.15) is 19.4 Å². The van der Waals surface area contributed by atoms with Gasteiger partial charge in [0.25, 0.3) is 0 Å². The molecule has 7 nitrogen and oxygen atoms in total. The molecule has 0 heterocycles. The van der Waals surface area contributed by atoms with Gasteiger partial charge in [-0.3, -0.25) is 0 Å². The van der Waals surface area contributed by atoms with Crippen molar-refractivity contribution in [2.75, 3.05) is 40.3 Å². The maximum Gasteiger partial charge on any atom is 0.319 e. The first-order valence-electron chi connectivity index (χ1n) is 8.84. The molecule has 28 heavy (non-hydrogen) atoms. The van der Waals surface area contributed by atoms with Gasteiger partial charge in [0, 0.05) is 18.0 Å². The average Bonchev–Trinajstić information content (AvgIpc) is 2.72. The highest BCUT2D eigenvalue weighted by molar-refractivity contribution is 5.91. The molecule has 2 amide bonds. The Bertz CT molecular complexity index is 820. The summed E-state index contributed by atoms with van der Waals surface area (Å²) in [6.45, 7) is 4.51. The number of hydrogen-bond donors (Lipinski definition) is 2. The molecular weight excluding hydrogens is 360 g/mol. The van der Waals surface area contributed by atoms with Crippen LogP contribution in [0.25, 0.3) is 0 Å². The molecule has 2 N–H and O–H groups in total. The Morgan fingerprint density at radius 2 is 1.54 bits per heavy atom. The molecular formula is C21H28N2O5. The van der Waals surface area contributed by atoms with E-state index in [0.717, 1.165) is 5.56 Å². The molecule has 2 rings (SSSR count). The number of rotatable bonds is 8. The third kappa shape index (κ3) is 5.00. The Morgan fingerprint density at radius 1 is 0.857 bits per heavy atom. The van der Waals surface area contributed by atoms with E-state index >= 15 is 0 Å². The number of carbonyl (C=O) groups is 1. The van der Waals surface area contributed by atoms with Crippen molar-refractivity contribution < 1.29 is 23.7 Å². The third-order valence-corrected chi connectivity index (χ3v) is 4.51. The van der Waals surface area contributed by atoms with E-state index in [1.54, 1.807) is 39.5 Å². The number of ether oxygens (including phenoxy) is 4. The highest BCUT2D eigenvalue weighted by Gasteiger charge is 2.23. The molecule has 0 aliphatic heterocycles. The van der Waals surface area contributed by atoms with Crippen molar-refractivity contribution in [3.05, 3.63) is 42.0 Å². The molecule has 0 saturated heterocycles. The lowest BCUT2D eigenvalue weighted by atomic mass is 9.84. The molecule has 152 valence electrons. The monoisotopic (exact) mass is 388 g/mol. The molecule has 0 aromatic heterocycles. The summed E-state index contributed by atoms with van der Waals surface area (Å²) >= 11 is 0. The number of urea groups is 1. The lowest BCUT2D eigenvalue weighted by Gasteiger charge is -2.26. The Morgan fingerprint density at radius 3 is 2.14 bits per heavy atom. The topological polar surface area (TPSA) is 78.1 Å². The molecule has 7 heteroatoms. The van der Waals surface area contributed by atoms with Gasteiger partial charge in [0.15, 0.2) is 11.5 Å². The average molecular weight is 388 g/mol. The highest BCUT2D eigenvalue weighted by atomic mass is 16.5. The molecule has 0 unspecified atom stereocenters. The van der Waals surface area contributed by atoms with Crippen molar-refractivity contribution in [3.8, 4) is 23.0 Å². The molecule has 0 spiro atoms. The lowest BCUT2D eigenvalue weighted by molar-refractivity contribution is 0.249. The summed E-state index contributed by atoms with van der Waals surface area (Å²) in [7, 11) is 6.31. The fourth-order valence-corrected chi connectivity index (χ4v) is 2.73. The number of nitrogens with one attached hydrogen (secondary N) is 2. The molecule has 0 bridgehead atoms. The standard InChI is InChI=1S/C21H28N2O5/c1-21(2,14-7-10-17(26-4)19(11-14)28-6)13-22-20(24)23-16-9-8-15(25-3)12-18(16)27-5/h7-12H,13H2,1-6H3,(H2,22,23,24). The van der Waals surface area contributed by atoms with E-state index in [1.165, 1.54) is 7.11 Å². The zero-order valence-electron chi connectivity index (χ0n) is 17.2. The molecule has 0 atom stereocenters.